The number of pyridine rings is 1. The monoisotopic (exact) mass is 484 g/mol. The van der Waals surface area contributed by atoms with Gasteiger partial charge in [0.1, 0.15) is 23.3 Å². The number of amides is 1. The molecule has 0 unspecified atom stereocenters. The summed E-state index contributed by atoms with van der Waals surface area (Å²) in [5, 5.41) is 0.978. The predicted molar refractivity (Wildman–Crippen MR) is 123 cm³/mol. The standard InChI is InChI=1S/C23H18Cl2N4O4/c1-14(23(30)29-31-13-15-2-9-21(25)27-11-15)32-17-4-6-18(7-5-17)33-22-12-26-20-10-16(24)3-8-19(20)28-22/h2-12,14H,13H2,1H3,(H,29,30)/t14-/m1/s1. The molecule has 10 heteroatoms. The van der Waals surface area contributed by atoms with Crippen LogP contribution in [-0.4, -0.2) is 27.0 Å². The summed E-state index contributed by atoms with van der Waals surface area (Å²) in [5.74, 6) is 0.955. The van der Waals surface area contributed by atoms with Gasteiger partial charge < -0.3 is 9.47 Å². The van der Waals surface area contributed by atoms with E-state index < -0.39 is 12.0 Å². The van der Waals surface area contributed by atoms with Crippen LogP contribution in [0, 0.1) is 0 Å². The maximum atomic E-state index is 12.2. The van der Waals surface area contributed by atoms with E-state index in [2.05, 4.69) is 20.4 Å². The lowest BCUT2D eigenvalue weighted by Gasteiger charge is -2.15. The highest BCUT2D eigenvalue weighted by Crippen LogP contribution is 2.25. The van der Waals surface area contributed by atoms with Crippen molar-refractivity contribution in [1.82, 2.24) is 20.4 Å². The average Bonchev–Trinajstić information content (AvgIpc) is 2.81. The van der Waals surface area contributed by atoms with Crippen molar-refractivity contribution in [2.24, 2.45) is 0 Å². The Morgan fingerprint density at radius 3 is 2.52 bits per heavy atom. The maximum Gasteiger partial charge on any atom is 0.284 e. The topological polar surface area (TPSA) is 95.5 Å². The molecule has 8 nitrogen and oxygen atoms in total. The third kappa shape index (κ3) is 6.29. The van der Waals surface area contributed by atoms with Crippen molar-refractivity contribution in [3.8, 4) is 17.4 Å². The first-order valence-electron chi connectivity index (χ1n) is 9.85. The van der Waals surface area contributed by atoms with Gasteiger partial charge in [-0.25, -0.2) is 20.4 Å². The van der Waals surface area contributed by atoms with Crippen LogP contribution in [0.3, 0.4) is 0 Å². The molecule has 0 saturated heterocycles. The first kappa shape index (κ1) is 22.7. The zero-order valence-electron chi connectivity index (χ0n) is 17.4. The number of hydroxylamine groups is 1. The molecule has 2 aromatic carbocycles. The van der Waals surface area contributed by atoms with Crippen molar-refractivity contribution in [2.45, 2.75) is 19.6 Å². The molecule has 1 atom stereocenters. The van der Waals surface area contributed by atoms with Gasteiger partial charge in [-0.1, -0.05) is 29.3 Å². The first-order chi connectivity index (χ1) is 16.0. The zero-order chi connectivity index (χ0) is 23.2. The van der Waals surface area contributed by atoms with Crippen LogP contribution in [0.5, 0.6) is 17.4 Å². The quantitative estimate of drug-likeness (QED) is 0.273. The van der Waals surface area contributed by atoms with E-state index in [1.54, 1.807) is 67.7 Å². The van der Waals surface area contributed by atoms with Gasteiger partial charge in [-0.2, -0.15) is 0 Å². The van der Waals surface area contributed by atoms with E-state index in [9.17, 15) is 4.79 Å². The van der Waals surface area contributed by atoms with Crippen LogP contribution in [0.15, 0.2) is 67.0 Å². The molecule has 0 radical (unpaired) electrons. The summed E-state index contributed by atoms with van der Waals surface area (Å²) in [6, 6.07) is 15.4. The molecule has 4 rings (SSSR count). The van der Waals surface area contributed by atoms with E-state index >= 15 is 0 Å². The second kappa shape index (κ2) is 10.4. The highest BCUT2D eigenvalue weighted by Gasteiger charge is 2.15. The normalized spacial score (nSPS) is 11.7. The molecule has 33 heavy (non-hydrogen) atoms. The fraction of sp³-hybridized carbons (Fsp3) is 0.130. The van der Waals surface area contributed by atoms with Gasteiger partial charge in [-0.15, -0.1) is 0 Å². The zero-order valence-corrected chi connectivity index (χ0v) is 18.9. The number of benzene rings is 2. The summed E-state index contributed by atoms with van der Waals surface area (Å²) < 4.78 is 11.4. The second-order valence-electron chi connectivity index (χ2n) is 6.92. The minimum atomic E-state index is -0.779. The molecule has 0 aliphatic carbocycles. The number of carbonyl (C=O) groups is 1. The number of aromatic nitrogens is 3. The second-order valence-corrected chi connectivity index (χ2v) is 7.74. The lowest BCUT2D eigenvalue weighted by atomic mass is 10.3. The van der Waals surface area contributed by atoms with Gasteiger partial charge in [-0.3, -0.25) is 9.63 Å². The molecular weight excluding hydrogens is 467 g/mol. The van der Waals surface area contributed by atoms with Gasteiger partial charge >= 0.3 is 0 Å². The van der Waals surface area contributed by atoms with Crippen LogP contribution < -0.4 is 15.0 Å². The molecular formula is C23H18Cl2N4O4. The predicted octanol–water partition coefficient (Wildman–Crippen LogP) is 5.14. The lowest BCUT2D eigenvalue weighted by Crippen LogP contribution is -2.36. The van der Waals surface area contributed by atoms with Gasteiger partial charge in [0.25, 0.3) is 5.91 Å². The van der Waals surface area contributed by atoms with E-state index in [1.165, 1.54) is 6.20 Å². The van der Waals surface area contributed by atoms with Gasteiger partial charge in [0, 0.05) is 11.2 Å². The minimum Gasteiger partial charge on any atom is -0.481 e. The largest absolute Gasteiger partial charge is 0.481 e. The number of hydrogen-bond acceptors (Lipinski definition) is 7. The van der Waals surface area contributed by atoms with Crippen LogP contribution in [-0.2, 0) is 16.2 Å². The Balaban J connectivity index is 1.28. The summed E-state index contributed by atoms with van der Waals surface area (Å²) in [4.78, 5) is 30.0. The Morgan fingerprint density at radius 1 is 0.970 bits per heavy atom. The van der Waals surface area contributed by atoms with Crippen molar-refractivity contribution in [3.63, 3.8) is 0 Å². The molecule has 0 bridgehead atoms. The highest BCUT2D eigenvalue weighted by molar-refractivity contribution is 6.31. The molecule has 2 heterocycles. The van der Waals surface area contributed by atoms with Crippen LogP contribution >= 0.6 is 23.2 Å². The maximum absolute atomic E-state index is 12.2. The highest BCUT2D eigenvalue weighted by atomic mass is 35.5. The van der Waals surface area contributed by atoms with Crippen molar-refractivity contribution < 1.29 is 19.1 Å². The van der Waals surface area contributed by atoms with E-state index in [-0.39, 0.29) is 6.61 Å². The summed E-state index contributed by atoms with van der Waals surface area (Å²) in [5.41, 5.74) is 4.48. The van der Waals surface area contributed by atoms with E-state index in [0.717, 1.165) is 5.56 Å². The average molecular weight is 485 g/mol. The number of halogens is 2. The fourth-order valence-electron chi connectivity index (χ4n) is 2.75. The van der Waals surface area contributed by atoms with E-state index in [0.29, 0.717) is 38.6 Å². The SMILES string of the molecule is C[C@@H](Oc1ccc(Oc2cnc3cc(Cl)ccc3n2)cc1)C(=O)NOCc1ccc(Cl)nc1. The van der Waals surface area contributed by atoms with Crippen molar-refractivity contribution in [1.29, 1.82) is 0 Å². The van der Waals surface area contributed by atoms with Crippen molar-refractivity contribution in [2.75, 3.05) is 0 Å². The van der Waals surface area contributed by atoms with Crippen molar-refractivity contribution >= 4 is 40.1 Å². The Kier molecular flexibility index (Phi) is 7.19. The molecule has 0 aliphatic rings. The fourth-order valence-corrected chi connectivity index (χ4v) is 3.02. The van der Waals surface area contributed by atoms with Crippen LogP contribution in [0.4, 0.5) is 0 Å². The molecule has 0 fully saturated rings. The molecule has 0 aliphatic heterocycles. The Hall–Kier alpha value is -3.46. The first-order valence-corrected chi connectivity index (χ1v) is 10.6. The Bertz CT molecular complexity index is 1250. The number of nitrogens with zero attached hydrogens (tertiary/aromatic N) is 3. The van der Waals surface area contributed by atoms with Gasteiger partial charge in [0.2, 0.25) is 5.88 Å². The van der Waals surface area contributed by atoms with Crippen LogP contribution in [0.2, 0.25) is 10.2 Å². The summed E-state index contributed by atoms with van der Waals surface area (Å²) in [6.07, 6.45) is 2.31. The molecule has 2 aromatic heterocycles. The number of ether oxygens (including phenoxy) is 2. The lowest BCUT2D eigenvalue weighted by molar-refractivity contribution is -0.141. The smallest absolute Gasteiger partial charge is 0.284 e. The molecule has 1 N–H and O–H groups in total. The Morgan fingerprint density at radius 2 is 1.76 bits per heavy atom. The third-order valence-corrected chi connectivity index (χ3v) is 4.87. The number of rotatable bonds is 8. The van der Waals surface area contributed by atoms with Gasteiger partial charge in [0.15, 0.2) is 6.10 Å². The minimum absolute atomic E-state index is 0.152. The van der Waals surface area contributed by atoms with E-state index in [4.69, 9.17) is 37.5 Å². The number of nitrogens with one attached hydrogen (secondary N) is 1. The van der Waals surface area contributed by atoms with Gasteiger partial charge in [-0.05, 0) is 61.0 Å². The van der Waals surface area contributed by atoms with E-state index in [1.807, 2.05) is 0 Å². The van der Waals surface area contributed by atoms with Crippen LogP contribution in [0.25, 0.3) is 11.0 Å². The Labute approximate surface area is 199 Å². The number of hydrogen-bond donors (Lipinski definition) is 1. The number of carbonyl (C=O) groups excluding carboxylic acids is 1. The summed E-state index contributed by atoms with van der Waals surface area (Å²) in [6.45, 7) is 1.77. The van der Waals surface area contributed by atoms with Gasteiger partial charge in [0.05, 0.1) is 17.2 Å². The molecule has 0 spiro atoms. The summed E-state index contributed by atoms with van der Waals surface area (Å²) >= 11 is 11.7. The molecule has 1 amide bonds. The molecule has 168 valence electrons. The molecule has 0 saturated carbocycles. The third-order valence-electron chi connectivity index (χ3n) is 4.41. The van der Waals surface area contributed by atoms with Crippen molar-refractivity contribution in [3.05, 3.63) is 82.7 Å². The van der Waals surface area contributed by atoms with Crippen LogP contribution in [0.1, 0.15) is 12.5 Å². The number of fused-ring (bicyclic) bond motifs is 1. The molecule has 4 aromatic rings. The summed E-state index contributed by atoms with van der Waals surface area (Å²) in [7, 11) is 0.